The number of urea groups is 1. The van der Waals surface area contributed by atoms with Gasteiger partial charge in [-0.25, -0.2) is 14.4 Å². The number of aliphatic carboxylic acids is 2. The molecule has 22 heavy (non-hydrogen) atoms. The quantitative estimate of drug-likeness (QED) is 0.372. The average molecular weight is 310 g/mol. The topological polar surface area (TPSA) is 154 Å². The predicted molar refractivity (Wildman–Crippen MR) is 75.8 cm³/mol. The third-order valence-corrected chi connectivity index (χ3v) is 3.99. The Hall–Kier alpha value is -2.39. The van der Waals surface area contributed by atoms with Crippen LogP contribution >= 0.6 is 0 Å². The molecule has 0 bridgehead atoms. The van der Waals surface area contributed by atoms with E-state index in [-0.39, 0.29) is 17.3 Å². The molecule has 0 saturated carbocycles. The van der Waals surface area contributed by atoms with Crippen molar-refractivity contribution in [3.8, 4) is 0 Å². The first-order valence-corrected chi connectivity index (χ1v) is 6.73. The van der Waals surface area contributed by atoms with E-state index in [1.165, 1.54) is 19.1 Å². The van der Waals surface area contributed by atoms with Crippen molar-refractivity contribution in [2.45, 2.75) is 18.5 Å². The zero-order chi connectivity index (χ0) is 16.5. The van der Waals surface area contributed by atoms with E-state index < -0.39 is 29.4 Å². The summed E-state index contributed by atoms with van der Waals surface area (Å²) in [4.78, 5) is 34.6. The Morgan fingerprint density at radius 1 is 1.32 bits per heavy atom. The Morgan fingerprint density at radius 2 is 1.95 bits per heavy atom. The van der Waals surface area contributed by atoms with Crippen LogP contribution in [0.1, 0.15) is 6.92 Å². The monoisotopic (exact) mass is 310 g/mol. The summed E-state index contributed by atoms with van der Waals surface area (Å²) >= 11 is 0. The minimum atomic E-state index is -2.02. The number of carboxylic acids is 2. The van der Waals surface area contributed by atoms with Gasteiger partial charge in [0.25, 0.3) is 0 Å². The highest BCUT2D eigenvalue weighted by Gasteiger charge is 2.48. The number of amides is 2. The van der Waals surface area contributed by atoms with Crippen molar-refractivity contribution in [3.05, 3.63) is 23.4 Å². The van der Waals surface area contributed by atoms with Gasteiger partial charge in [0.2, 0.25) is 0 Å². The number of hydrogen-bond donors (Lipinski definition) is 6. The molecule has 1 aliphatic heterocycles. The second kappa shape index (κ2) is 5.78. The highest BCUT2D eigenvalue weighted by molar-refractivity contribution is 5.94. The van der Waals surface area contributed by atoms with E-state index in [0.29, 0.717) is 13.1 Å². The van der Waals surface area contributed by atoms with Crippen molar-refractivity contribution in [2.75, 3.05) is 13.1 Å². The Morgan fingerprint density at radius 3 is 2.41 bits per heavy atom. The zero-order valence-electron chi connectivity index (χ0n) is 11.9. The number of nitrogens with two attached hydrogens (primary N) is 1. The number of carboxylic acid groups (broad SMARTS) is 2. The molecule has 0 spiro atoms. The van der Waals surface area contributed by atoms with Gasteiger partial charge < -0.3 is 31.9 Å². The van der Waals surface area contributed by atoms with Crippen LogP contribution in [0.5, 0.6) is 0 Å². The van der Waals surface area contributed by atoms with Crippen LogP contribution in [0.25, 0.3) is 0 Å². The molecule has 2 amide bonds. The van der Waals surface area contributed by atoms with Gasteiger partial charge in [-0.3, -0.25) is 0 Å². The Kier molecular flexibility index (Phi) is 4.20. The summed E-state index contributed by atoms with van der Waals surface area (Å²) < 4.78 is 0. The van der Waals surface area contributed by atoms with Crippen LogP contribution in [-0.4, -0.2) is 52.9 Å². The van der Waals surface area contributed by atoms with Crippen LogP contribution < -0.4 is 21.7 Å². The Bertz CT molecular complexity index is 581. The third-order valence-electron chi connectivity index (χ3n) is 3.99. The van der Waals surface area contributed by atoms with E-state index in [2.05, 4.69) is 16.0 Å². The predicted octanol–water partition coefficient (Wildman–Crippen LogP) is -1.42. The van der Waals surface area contributed by atoms with Gasteiger partial charge in [-0.15, -0.1) is 0 Å². The Labute approximate surface area is 126 Å². The molecule has 7 N–H and O–H groups in total. The van der Waals surface area contributed by atoms with Crippen LogP contribution in [0.3, 0.4) is 0 Å². The fourth-order valence-electron chi connectivity index (χ4n) is 2.37. The second-order valence-electron chi connectivity index (χ2n) is 5.36. The van der Waals surface area contributed by atoms with Gasteiger partial charge in [-0.05, 0) is 12.2 Å². The molecule has 2 atom stereocenters. The first kappa shape index (κ1) is 16.0. The molecule has 120 valence electrons. The first-order chi connectivity index (χ1) is 10.3. The standard InChI is InChI=1S/C13H18N4O5/c1-6-8(10(18)19)2-3-9(13(6,14)11(20)21)17-12(22)16-7-4-15-5-7/h2-3,6-7,15H,4-5,14H2,1H3,(H,18,19)(H,20,21)(H2,16,17,22). The lowest BCUT2D eigenvalue weighted by Gasteiger charge is -2.37. The molecule has 2 unspecified atom stereocenters. The second-order valence-corrected chi connectivity index (χ2v) is 5.36. The molecule has 1 heterocycles. The minimum Gasteiger partial charge on any atom is -0.480 e. The lowest BCUT2D eigenvalue weighted by atomic mass is 9.75. The summed E-state index contributed by atoms with van der Waals surface area (Å²) in [6.45, 7) is 2.67. The number of hydrogen-bond acceptors (Lipinski definition) is 5. The van der Waals surface area contributed by atoms with E-state index >= 15 is 0 Å². The highest BCUT2D eigenvalue weighted by atomic mass is 16.4. The minimum absolute atomic E-state index is 0.0243. The highest BCUT2D eigenvalue weighted by Crippen LogP contribution is 2.32. The molecule has 2 rings (SSSR count). The molecule has 0 aromatic carbocycles. The molecule has 2 aliphatic rings. The zero-order valence-corrected chi connectivity index (χ0v) is 11.9. The molecular weight excluding hydrogens is 292 g/mol. The maximum atomic E-state index is 11.9. The van der Waals surface area contributed by atoms with E-state index in [1.807, 2.05) is 0 Å². The number of allylic oxidation sites excluding steroid dienone is 2. The molecule has 9 heteroatoms. The number of carbonyl (C=O) groups excluding carboxylic acids is 1. The average Bonchev–Trinajstić information content (AvgIpc) is 2.39. The van der Waals surface area contributed by atoms with Gasteiger partial charge in [0.15, 0.2) is 5.54 Å². The number of rotatable bonds is 4. The molecular formula is C13H18N4O5. The van der Waals surface area contributed by atoms with Crippen molar-refractivity contribution < 1.29 is 24.6 Å². The lowest BCUT2D eigenvalue weighted by Crippen LogP contribution is -2.63. The molecule has 1 saturated heterocycles. The molecule has 0 aromatic rings. The third kappa shape index (κ3) is 2.68. The van der Waals surface area contributed by atoms with Gasteiger partial charge in [-0.1, -0.05) is 6.92 Å². The number of nitrogens with one attached hydrogen (secondary N) is 3. The van der Waals surface area contributed by atoms with Gasteiger partial charge in [0, 0.05) is 24.6 Å². The summed E-state index contributed by atoms with van der Waals surface area (Å²) in [6.07, 6.45) is 2.47. The van der Waals surface area contributed by atoms with Gasteiger partial charge >= 0.3 is 18.0 Å². The smallest absolute Gasteiger partial charge is 0.331 e. The molecule has 9 nitrogen and oxygen atoms in total. The first-order valence-electron chi connectivity index (χ1n) is 6.73. The summed E-state index contributed by atoms with van der Waals surface area (Å²) in [5, 5.41) is 26.6. The summed E-state index contributed by atoms with van der Waals surface area (Å²) in [6, 6.07) is -0.600. The maximum Gasteiger partial charge on any atom is 0.331 e. The van der Waals surface area contributed by atoms with Crippen LogP contribution in [0.15, 0.2) is 23.4 Å². The van der Waals surface area contributed by atoms with Crippen molar-refractivity contribution in [1.29, 1.82) is 0 Å². The van der Waals surface area contributed by atoms with Gasteiger partial charge in [0.05, 0.1) is 11.7 Å². The molecule has 0 radical (unpaired) electrons. The van der Waals surface area contributed by atoms with Gasteiger partial charge in [-0.2, -0.15) is 0 Å². The summed E-state index contributed by atoms with van der Waals surface area (Å²) in [7, 11) is 0. The fraction of sp³-hybridized carbons (Fsp3) is 0.462. The summed E-state index contributed by atoms with van der Waals surface area (Å²) in [5.41, 5.74) is 3.72. The van der Waals surface area contributed by atoms with Gasteiger partial charge in [0.1, 0.15) is 0 Å². The van der Waals surface area contributed by atoms with E-state index in [0.717, 1.165) is 0 Å². The van der Waals surface area contributed by atoms with Crippen molar-refractivity contribution in [3.63, 3.8) is 0 Å². The number of carbonyl (C=O) groups is 3. The van der Waals surface area contributed by atoms with Crippen LogP contribution in [0.4, 0.5) is 4.79 Å². The van der Waals surface area contributed by atoms with Crippen LogP contribution in [0, 0.1) is 5.92 Å². The van der Waals surface area contributed by atoms with E-state index in [9.17, 15) is 19.5 Å². The normalized spacial score (nSPS) is 28.0. The van der Waals surface area contributed by atoms with Crippen LogP contribution in [0.2, 0.25) is 0 Å². The molecule has 1 fully saturated rings. The van der Waals surface area contributed by atoms with Crippen molar-refractivity contribution >= 4 is 18.0 Å². The lowest BCUT2D eigenvalue weighted by molar-refractivity contribution is -0.143. The van der Waals surface area contributed by atoms with Crippen LogP contribution in [-0.2, 0) is 9.59 Å². The van der Waals surface area contributed by atoms with Crippen molar-refractivity contribution in [2.24, 2.45) is 11.7 Å². The SMILES string of the molecule is CC1C(C(=O)O)=CC=C(NC(=O)NC2CNC2)C1(N)C(=O)O. The Balaban J connectivity index is 2.23. The molecule has 0 aromatic heterocycles. The van der Waals surface area contributed by atoms with Crippen molar-refractivity contribution in [1.82, 2.24) is 16.0 Å². The largest absolute Gasteiger partial charge is 0.480 e. The summed E-state index contributed by atoms with van der Waals surface area (Å²) in [5.74, 6) is -3.67. The van der Waals surface area contributed by atoms with E-state index in [4.69, 9.17) is 10.8 Å². The molecule has 1 aliphatic carbocycles. The maximum absolute atomic E-state index is 11.9. The van der Waals surface area contributed by atoms with E-state index in [1.54, 1.807) is 0 Å². The fourth-order valence-corrected chi connectivity index (χ4v) is 2.37.